The van der Waals surface area contributed by atoms with Crippen molar-refractivity contribution in [3.8, 4) is 0 Å². The Morgan fingerprint density at radius 3 is 2.90 bits per heavy atom. The average molecular weight is 288 g/mol. The van der Waals surface area contributed by atoms with Crippen molar-refractivity contribution in [2.24, 2.45) is 0 Å². The number of unbranched alkanes of at least 4 members (excludes halogenated alkanes) is 2. The Balaban J connectivity index is 2.18. The van der Waals surface area contributed by atoms with Gasteiger partial charge in [0, 0.05) is 18.2 Å². The van der Waals surface area contributed by atoms with Gasteiger partial charge in [0.25, 0.3) is 5.91 Å². The number of hydrogen-bond donors (Lipinski definition) is 2. The van der Waals surface area contributed by atoms with Gasteiger partial charge in [-0.1, -0.05) is 45.2 Å². The number of amides is 1. The van der Waals surface area contributed by atoms with Crippen molar-refractivity contribution < 1.29 is 4.79 Å². The minimum absolute atomic E-state index is 0.0909. The van der Waals surface area contributed by atoms with E-state index in [0.717, 1.165) is 37.9 Å². The van der Waals surface area contributed by atoms with Crippen LogP contribution in [0.2, 0.25) is 0 Å². The number of hydrogen-bond acceptors (Lipinski definition) is 2. The number of carbonyl (C=O) groups excluding carboxylic acids is 1. The summed E-state index contributed by atoms with van der Waals surface area (Å²) < 4.78 is 0. The lowest BCUT2D eigenvalue weighted by atomic mass is 9.94. The summed E-state index contributed by atoms with van der Waals surface area (Å²) >= 11 is 0. The highest BCUT2D eigenvalue weighted by Crippen LogP contribution is 2.24. The van der Waals surface area contributed by atoms with Crippen LogP contribution in [0.1, 0.15) is 73.5 Å². The first kappa shape index (κ1) is 16.0. The van der Waals surface area contributed by atoms with Gasteiger partial charge in [-0.15, -0.1) is 0 Å². The van der Waals surface area contributed by atoms with Crippen LogP contribution in [0.4, 0.5) is 0 Å². The molecular formula is C18H28N2O. The van der Waals surface area contributed by atoms with Gasteiger partial charge in [-0.25, -0.2) is 0 Å². The Hall–Kier alpha value is -1.35. The molecular weight excluding hydrogens is 260 g/mol. The lowest BCUT2D eigenvalue weighted by Crippen LogP contribution is -2.24. The summed E-state index contributed by atoms with van der Waals surface area (Å²) in [6.45, 7) is 6.12. The zero-order valence-electron chi connectivity index (χ0n) is 13.4. The number of aryl methyl sites for hydroxylation is 1. The fourth-order valence-corrected chi connectivity index (χ4v) is 3.05. The highest BCUT2D eigenvalue weighted by molar-refractivity contribution is 5.96. The SMILES string of the molecule is CCCCCC(NCC)c1ccc2c(c1)C(=O)NCCC2. The minimum atomic E-state index is 0.0909. The molecule has 3 heteroatoms. The first-order chi connectivity index (χ1) is 10.3. The zero-order valence-corrected chi connectivity index (χ0v) is 13.4. The summed E-state index contributed by atoms with van der Waals surface area (Å²) in [4.78, 5) is 12.2. The maximum Gasteiger partial charge on any atom is 0.251 e. The van der Waals surface area contributed by atoms with Crippen molar-refractivity contribution in [2.45, 2.75) is 58.4 Å². The van der Waals surface area contributed by atoms with E-state index in [1.54, 1.807) is 0 Å². The first-order valence-electron chi connectivity index (χ1n) is 8.40. The summed E-state index contributed by atoms with van der Waals surface area (Å²) in [7, 11) is 0. The highest BCUT2D eigenvalue weighted by Gasteiger charge is 2.18. The van der Waals surface area contributed by atoms with E-state index in [-0.39, 0.29) is 5.91 Å². The molecule has 0 bridgehead atoms. The third kappa shape index (κ3) is 4.31. The fraction of sp³-hybridized carbons (Fsp3) is 0.611. The number of fused-ring (bicyclic) bond motifs is 1. The molecule has 1 aromatic rings. The Kier molecular flexibility index (Phi) is 6.24. The molecule has 3 nitrogen and oxygen atoms in total. The predicted octanol–water partition coefficient (Wildman–Crippen LogP) is 3.59. The number of rotatable bonds is 7. The van der Waals surface area contributed by atoms with Crippen molar-refractivity contribution >= 4 is 5.91 Å². The summed E-state index contributed by atoms with van der Waals surface area (Å²) in [5.41, 5.74) is 3.32. The van der Waals surface area contributed by atoms with Gasteiger partial charge >= 0.3 is 0 Å². The Bertz CT molecular complexity index is 470. The summed E-state index contributed by atoms with van der Waals surface area (Å²) in [5, 5.41) is 6.56. The monoisotopic (exact) mass is 288 g/mol. The van der Waals surface area contributed by atoms with Crippen LogP contribution in [0.25, 0.3) is 0 Å². The minimum Gasteiger partial charge on any atom is -0.352 e. The second-order valence-electron chi connectivity index (χ2n) is 5.88. The van der Waals surface area contributed by atoms with Crippen LogP contribution >= 0.6 is 0 Å². The molecule has 1 aliphatic heterocycles. The quantitative estimate of drug-likeness (QED) is 0.753. The van der Waals surface area contributed by atoms with E-state index in [1.165, 1.54) is 30.4 Å². The van der Waals surface area contributed by atoms with E-state index < -0.39 is 0 Å². The standard InChI is InChI=1S/C18H28N2O/c1-3-5-6-9-17(19-4-2)15-11-10-14-8-7-12-20-18(21)16(14)13-15/h10-11,13,17,19H,3-9,12H2,1-2H3,(H,20,21). The third-order valence-electron chi connectivity index (χ3n) is 4.24. The van der Waals surface area contributed by atoms with Gasteiger partial charge in [-0.3, -0.25) is 4.79 Å². The Morgan fingerprint density at radius 2 is 2.14 bits per heavy atom. The van der Waals surface area contributed by atoms with E-state index in [4.69, 9.17) is 0 Å². The second-order valence-corrected chi connectivity index (χ2v) is 5.88. The molecule has 21 heavy (non-hydrogen) atoms. The van der Waals surface area contributed by atoms with E-state index in [0.29, 0.717) is 6.04 Å². The van der Waals surface area contributed by atoms with Gasteiger partial charge in [0.1, 0.15) is 0 Å². The molecule has 1 unspecified atom stereocenters. The topological polar surface area (TPSA) is 41.1 Å². The summed E-state index contributed by atoms with van der Waals surface area (Å²) in [5.74, 6) is 0.0909. The average Bonchev–Trinajstić information content (AvgIpc) is 2.68. The third-order valence-corrected chi connectivity index (χ3v) is 4.24. The van der Waals surface area contributed by atoms with Crippen LogP contribution in [0.3, 0.4) is 0 Å². The van der Waals surface area contributed by atoms with Crippen LogP contribution in [-0.4, -0.2) is 19.0 Å². The molecule has 116 valence electrons. The smallest absolute Gasteiger partial charge is 0.251 e. The van der Waals surface area contributed by atoms with Gasteiger partial charge < -0.3 is 10.6 Å². The lowest BCUT2D eigenvalue weighted by Gasteiger charge is -2.19. The molecule has 1 heterocycles. The van der Waals surface area contributed by atoms with E-state index in [2.05, 4.69) is 42.7 Å². The molecule has 0 aromatic heterocycles. The van der Waals surface area contributed by atoms with Crippen LogP contribution in [0, 0.1) is 0 Å². The van der Waals surface area contributed by atoms with Crippen molar-refractivity contribution in [3.63, 3.8) is 0 Å². The molecule has 0 saturated carbocycles. The van der Waals surface area contributed by atoms with Gasteiger partial charge in [-0.05, 0) is 43.0 Å². The molecule has 2 N–H and O–H groups in total. The molecule has 1 amide bonds. The maximum atomic E-state index is 12.2. The van der Waals surface area contributed by atoms with Gasteiger partial charge in [-0.2, -0.15) is 0 Å². The van der Waals surface area contributed by atoms with Crippen LogP contribution < -0.4 is 10.6 Å². The molecule has 0 spiro atoms. The molecule has 2 rings (SSSR count). The Labute approximate surface area is 128 Å². The van der Waals surface area contributed by atoms with Crippen molar-refractivity contribution in [2.75, 3.05) is 13.1 Å². The molecule has 0 saturated heterocycles. The van der Waals surface area contributed by atoms with Crippen LogP contribution in [-0.2, 0) is 6.42 Å². The van der Waals surface area contributed by atoms with E-state index in [1.807, 2.05) is 0 Å². The lowest BCUT2D eigenvalue weighted by molar-refractivity contribution is 0.0956. The Morgan fingerprint density at radius 1 is 1.29 bits per heavy atom. The molecule has 1 aliphatic rings. The number of benzene rings is 1. The molecule has 1 aromatic carbocycles. The van der Waals surface area contributed by atoms with Crippen molar-refractivity contribution in [3.05, 3.63) is 34.9 Å². The normalized spacial score (nSPS) is 16.0. The molecule has 1 atom stereocenters. The van der Waals surface area contributed by atoms with Gasteiger partial charge in [0.05, 0.1) is 0 Å². The predicted molar refractivity (Wildman–Crippen MR) is 87.7 cm³/mol. The first-order valence-corrected chi connectivity index (χ1v) is 8.40. The summed E-state index contributed by atoms with van der Waals surface area (Å²) in [6, 6.07) is 6.83. The molecule has 0 fully saturated rings. The van der Waals surface area contributed by atoms with Crippen molar-refractivity contribution in [1.29, 1.82) is 0 Å². The molecule has 0 radical (unpaired) electrons. The maximum absolute atomic E-state index is 12.2. The van der Waals surface area contributed by atoms with E-state index in [9.17, 15) is 4.79 Å². The zero-order chi connectivity index (χ0) is 15.1. The van der Waals surface area contributed by atoms with Gasteiger partial charge in [0.15, 0.2) is 0 Å². The largest absolute Gasteiger partial charge is 0.352 e. The van der Waals surface area contributed by atoms with Crippen LogP contribution in [0.5, 0.6) is 0 Å². The number of nitrogens with one attached hydrogen (secondary N) is 2. The highest BCUT2D eigenvalue weighted by atomic mass is 16.1. The molecule has 0 aliphatic carbocycles. The fourth-order valence-electron chi connectivity index (χ4n) is 3.05. The van der Waals surface area contributed by atoms with Crippen molar-refractivity contribution in [1.82, 2.24) is 10.6 Å². The van der Waals surface area contributed by atoms with E-state index >= 15 is 0 Å². The number of carbonyl (C=O) groups is 1. The second kappa shape index (κ2) is 8.18. The van der Waals surface area contributed by atoms with Crippen LogP contribution in [0.15, 0.2) is 18.2 Å². The van der Waals surface area contributed by atoms with Gasteiger partial charge in [0.2, 0.25) is 0 Å². The summed E-state index contributed by atoms with van der Waals surface area (Å²) in [6.07, 6.45) is 6.92.